The van der Waals surface area contributed by atoms with E-state index in [1.54, 1.807) is 11.8 Å². The van der Waals surface area contributed by atoms with Gasteiger partial charge in [0.25, 0.3) is 0 Å². The molecule has 1 aromatic heterocycles. The fourth-order valence-electron chi connectivity index (χ4n) is 2.31. The van der Waals surface area contributed by atoms with Gasteiger partial charge in [0.05, 0.1) is 4.87 Å². The smallest absolute Gasteiger partial charge is 0.128 e. The summed E-state index contributed by atoms with van der Waals surface area (Å²) in [6.45, 7) is 7.12. The predicted molar refractivity (Wildman–Crippen MR) is 94.8 cm³/mol. The van der Waals surface area contributed by atoms with E-state index in [4.69, 9.17) is 4.74 Å². The first-order chi connectivity index (χ1) is 10.5. The fourth-order valence-corrected chi connectivity index (χ4v) is 2.83. The number of thioether (sulfide) groups is 1. The second-order valence-corrected chi connectivity index (χ2v) is 7.11. The number of fused-ring (bicyclic) bond motifs is 1. The van der Waals surface area contributed by atoms with E-state index < -0.39 is 6.10 Å². The van der Waals surface area contributed by atoms with Gasteiger partial charge in [0.15, 0.2) is 0 Å². The third-order valence-electron chi connectivity index (χ3n) is 4.03. The van der Waals surface area contributed by atoms with E-state index in [9.17, 15) is 5.11 Å². The van der Waals surface area contributed by atoms with Crippen LogP contribution >= 0.6 is 11.8 Å². The van der Waals surface area contributed by atoms with Crippen LogP contribution in [0.25, 0.3) is 10.9 Å². The van der Waals surface area contributed by atoms with Crippen molar-refractivity contribution in [2.75, 3.05) is 19.4 Å². The van der Waals surface area contributed by atoms with Gasteiger partial charge in [-0.1, -0.05) is 13.0 Å². The third-order valence-corrected chi connectivity index (χ3v) is 5.36. The summed E-state index contributed by atoms with van der Waals surface area (Å²) < 4.78 is 5.81. The monoisotopic (exact) mass is 322 g/mol. The molecule has 0 spiro atoms. The summed E-state index contributed by atoms with van der Waals surface area (Å²) in [6, 6.07) is 7.99. The maximum absolute atomic E-state index is 10.1. The molecule has 4 nitrogen and oxygen atoms in total. The number of hydrogen-bond donors (Lipinski definition) is 3. The molecule has 0 saturated carbocycles. The van der Waals surface area contributed by atoms with Crippen molar-refractivity contribution in [2.45, 2.75) is 38.2 Å². The number of aromatic nitrogens is 1. The average Bonchev–Trinajstić information content (AvgIpc) is 2.91. The van der Waals surface area contributed by atoms with Gasteiger partial charge < -0.3 is 20.1 Å². The average molecular weight is 322 g/mol. The van der Waals surface area contributed by atoms with Gasteiger partial charge in [-0.15, -0.1) is 11.8 Å². The van der Waals surface area contributed by atoms with E-state index in [1.807, 2.05) is 25.1 Å². The number of benzene rings is 1. The molecular weight excluding hydrogens is 296 g/mol. The molecular formula is C17H26N2O2S. The van der Waals surface area contributed by atoms with Crippen LogP contribution < -0.4 is 10.1 Å². The number of aryl methyl sites for hydroxylation is 1. The van der Waals surface area contributed by atoms with Crippen LogP contribution in [-0.4, -0.2) is 40.5 Å². The number of rotatable bonds is 8. The molecule has 0 saturated heterocycles. The Kier molecular flexibility index (Phi) is 5.78. The molecule has 0 amide bonds. The van der Waals surface area contributed by atoms with Gasteiger partial charge in [-0.3, -0.25) is 0 Å². The summed E-state index contributed by atoms with van der Waals surface area (Å²) >= 11 is 1.77. The molecule has 0 bridgehead atoms. The zero-order valence-corrected chi connectivity index (χ0v) is 14.6. The van der Waals surface area contributed by atoms with Crippen LogP contribution in [0.4, 0.5) is 0 Å². The van der Waals surface area contributed by atoms with E-state index in [2.05, 4.69) is 36.5 Å². The highest BCUT2D eigenvalue weighted by atomic mass is 32.2. The molecule has 122 valence electrons. The first-order valence-electron chi connectivity index (χ1n) is 7.67. The maximum atomic E-state index is 10.1. The lowest BCUT2D eigenvalue weighted by Gasteiger charge is -2.28. The molecule has 5 heteroatoms. The Balaban J connectivity index is 1.91. The number of aliphatic hydroxyl groups is 1. The molecule has 1 heterocycles. The van der Waals surface area contributed by atoms with Crippen molar-refractivity contribution in [3.8, 4) is 5.75 Å². The molecule has 0 fully saturated rings. The maximum Gasteiger partial charge on any atom is 0.128 e. The quantitative estimate of drug-likeness (QED) is 0.653. The third kappa shape index (κ3) is 4.18. The molecule has 2 rings (SSSR count). The van der Waals surface area contributed by atoms with E-state index in [1.165, 1.54) is 0 Å². The Morgan fingerprint density at radius 1 is 1.45 bits per heavy atom. The summed E-state index contributed by atoms with van der Waals surface area (Å²) in [5, 5.41) is 14.6. The van der Waals surface area contributed by atoms with Crippen molar-refractivity contribution in [1.82, 2.24) is 10.3 Å². The standard InChI is InChI=1S/C17H26N2O2S/c1-5-17(3,22-4)18-10-13(20)11-21-16-8-6-7-15-14(16)9-12(2)19-15/h6-9,13,18-20H,5,10-11H2,1-4H3. The van der Waals surface area contributed by atoms with E-state index >= 15 is 0 Å². The van der Waals surface area contributed by atoms with Crippen LogP contribution in [0.2, 0.25) is 0 Å². The van der Waals surface area contributed by atoms with Crippen LogP contribution in [0.5, 0.6) is 5.75 Å². The molecule has 2 atom stereocenters. The minimum atomic E-state index is -0.534. The Labute approximate surface area is 136 Å². The predicted octanol–water partition coefficient (Wildman–Crippen LogP) is 3.29. The van der Waals surface area contributed by atoms with Crippen molar-refractivity contribution >= 4 is 22.7 Å². The number of aliphatic hydroxyl groups excluding tert-OH is 1. The molecule has 2 unspecified atom stereocenters. The van der Waals surface area contributed by atoms with Gasteiger partial charge in [-0.25, -0.2) is 0 Å². The zero-order valence-electron chi connectivity index (χ0n) is 13.8. The Morgan fingerprint density at radius 2 is 2.23 bits per heavy atom. The second-order valence-electron chi connectivity index (χ2n) is 5.80. The highest BCUT2D eigenvalue weighted by molar-refractivity contribution is 7.99. The van der Waals surface area contributed by atoms with E-state index in [0.29, 0.717) is 6.54 Å². The molecule has 0 aliphatic carbocycles. The minimum Gasteiger partial charge on any atom is -0.490 e. The normalized spacial score (nSPS) is 15.7. The summed E-state index contributed by atoms with van der Waals surface area (Å²) in [7, 11) is 0. The topological polar surface area (TPSA) is 57.3 Å². The van der Waals surface area contributed by atoms with Gasteiger partial charge >= 0.3 is 0 Å². The Bertz CT molecular complexity index is 608. The molecule has 0 aliphatic rings. The fraction of sp³-hybridized carbons (Fsp3) is 0.529. The number of ether oxygens (including phenoxy) is 1. The van der Waals surface area contributed by atoms with E-state index in [-0.39, 0.29) is 11.5 Å². The van der Waals surface area contributed by atoms with Crippen LogP contribution in [0.15, 0.2) is 24.3 Å². The molecule has 22 heavy (non-hydrogen) atoms. The molecule has 1 aromatic carbocycles. The Morgan fingerprint density at radius 3 is 2.91 bits per heavy atom. The van der Waals surface area contributed by atoms with Crippen molar-refractivity contribution in [3.05, 3.63) is 30.0 Å². The lowest BCUT2D eigenvalue weighted by molar-refractivity contribution is 0.103. The van der Waals surface area contributed by atoms with Crippen LogP contribution in [0, 0.1) is 6.92 Å². The van der Waals surface area contributed by atoms with Gasteiger partial charge in [0.1, 0.15) is 18.5 Å². The van der Waals surface area contributed by atoms with Crippen molar-refractivity contribution in [3.63, 3.8) is 0 Å². The number of H-pyrrole nitrogens is 1. The van der Waals surface area contributed by atoms with Gasteiger partial charge in [-0.2, -0.15) is 0 Å². The highest BCUT2D eigenvalue weighted by Gasteiger charge is 2.20. The molecule has 0 aliphatic heterocycles. The van der Waals surface area contributed by atoms with Crippen LogP contribution in [-0.2, 0) is 0 Å². The number of hydrogen-bond acceptors (Lipinski definition) is 4. The van der Waals surface area contributed by atoms with Crippen LogP contribution in [0.3, 0.4) is 0 Å². The largest absolute Gasteiger partial charge is 0.490 e. The summed E-state index contributed by atoms with van der Waals surface area (Å²) in [6.07, 6.45) is 2.55. The SMILES string of the molecule is CCC(C)(NCC(O)COc1cccc2[nH]c(C)cc12)SC. The molecule has 3 N–H and O–H groups in total. The second kappa shape index (κ2) is 7.40. The van der Waals surface area contributed by atoms with Gasteiger partial charge in [-0.05, 0) is 44.7 Å². The number of nitrogens with one attached hydrogen (secondary N) is 2. The van der Waals surface area contributed by atoms with Gasteiger partial charge in [0, 0.05) is 23.1 Å². The summed E-state index contributed by atoms with van der Waals surface area (Å²) in [5.41, 5.74) is 2.16. The Hall–Kier alpha value is -1.17. The van der Waals surface area contributed by atoms with Crippen LogP contribution in [0.1, 0.15) is 26.0 Å². The van der Waals surface area contributed by atoms with Crippen molar-refractivity contribution in [1.29, 1.82) is 0 Å². The van der Waals surface area contributed by atoms with Crippen molar-refractivity contribution < 1.29 is 9.84 Å². The zero-order chi connectivity index (χ0) is 16.2. The van der Waals surface area contributed by atoms with E-state index in [0.717, 1.165) is 28.8 Å². The lowest BCUT2D eigenvalue weighted by Crippen LogP contribution is -2.44. The minimum absolute atomic E-state index is 0.00125. The highest BCUT2D eigenvalue weighted by Crippen LogP contribution is 2.26. The summed E-state index contributed by atoms with van der Waals surface area (Å²) in [4.78, 5) is 3.29. The molecule has 2 aromatic rings. The molecule has 0 radical (unpaired) electrons. The first-order valence-corrected chi connectivity index (χ1v) is 8.89. The lowest BCUT2D eigenvalue weighted by atomic mass is 10.2. The van der Waals surface area contributed by atoms with Gasteiger partial charge in [0.2, 0.25) is 0 Å². The first kappa shape index (κ1) is 17.2. The summed E-state index contributed by atoms with van der Waals surface area (Å²) in [5.74, 6) is 0.809. The van der Waals surface area contributed by atoms with Crippen molar-refractivity contribution in [2.24, 2.45) is 0 Å². The number of aromatic amines is 1.